The van der Waals surface area contributed by atoms with E-state index in [4.69, 9.17) is 14.6 Å². The molecule has 1 rings (SSSR count). The molecule has 1 atom stereocenters. The Labute approximate surface area is 105 Å². The largest absolute Gasteiger partial charge is 0.495 e. The van der Waals surface area contributed by atoms with Crippen LogP contribution >= 0.6 is 15.9 Å². The fraction of sp³-hybridized carbons (Fsp3) is 0.500. The van der Waals surface area contributed by atoms with Crippen molar-refractivity contribution in [1.29, 1.82) is 0 Å². The zero-order chi connectivity index (χ0) is 12.1. The number of halogens is 1. The number of hydrogen-bond donors (Lipinski definition) is 1. The quantitative estimate of drug-likeness (QED) is 0.905. The molecule has 0 fully saturated rings. The van der Waals surface area contributed by atoms with E-state index in [1.54, 1.807) is 14.2 Å². The molecule has 16 heavy (non-hydrogen) atoms. The highest BCUT2D eigenvalue weighted by Gasteiger charge is 2.14. The second-order valence-corrected chi connectivity index (χ2v) is 4.56. The van der Waals surface area contributed by atoms with Crippen LogP contribution in [0.3, 0.4) is 0 Å². The third-order valence-electron chi connectivity index (χ3n) is 2.45. The predicted molar refractivity (Wildman–Crippen MR) is 67.2 cm³/mol. The van der Waals surface area contributed by atoms with Gasteiger partial charge in [-0.3, -0.25) is 0 Å². The Bertz CT molecular complexity index is 352. The normalized spacial score (nSPS) is 12.3. The second kappa shape index (κ2) is 6.11. The lowest BCUT2D eigenvalue weighted by Crippen LogP contribution is -2.06. The number of aliphatic hydroxyl groups excluding tert-OH is 1. The number of ether oxygens (including phenoxy) is 2. The summed E-state index contributed by atoms with van der Waals surface area (Å²) in [5, 5.41) is 9.05. The lowest BCUT2D eigenvalue weighted by Gasteiger charge is -2.15. The smallest absolute Gasteiger partial charge is 0.140 e. The molecule has 1 N–H and O–H groups in total. The fourth-order valence-electron chi connectivity index (χ4n) is 1.56. The van der Waals surface area contributed by atoms with Gasteiger partial charge in [0.1, 0.15) is 16.0 Å². The number of aliphatic hydroxyl groups is 1. The molecule has 1 aromatic carbocycles. The van der Waals surface area contributed by atoms with Crippen molar-refractivity contribution in [2.75, 3.05) is 20.8 Å². The highest BCUT2D eigenvalue weighted by atomic mass is 79.9. The topological polar surface area (TPSA) is 38.7 Å². The van der Waals surface area contributed by atoms with Crippen LogP contribution in [0.5, 0.6) is 11.5 Å². The summed E-state index contributed by atoms with van der Waals surface area (Å²) in [5.74, 6) is 1.74. The van der Waals surface area contributed by atoms with Crippen LogP contribution in [0.25, 0.3) is 0 Å². The summed E-state index contributed by atoms with van der Waals surface area (Å²) in [4.78, 5) is 0. The minimum atomic E-state index is 0.173. The molecule has 0 amide bonds. The molecule has 90 valence electrons. The molecule has 1 unspecified atom stereocenters. The molecule has 1 aromatic rings. The molecule has 0 bridgehead atoms. The maximum atomic E-state index is 9.05. The van der Waals surface area contributed by atoms with E-state index in [1.165, 1.54) is 0 Å². The van der Waals surface area contributed by atoms with Crippen LogP contribution in [0, 0.1) is 5.92 Å². The van der Waals surface area contributed by atoms with Gasteiger partial charge < -0.3 is 14.6 Å². The average molecular weight is 289 g/mol. The maximum absolute atomic E-state index is 9.05. The van der Waals surface area contributed by atoms with Crippen molar-refractivity contribution >= 4 is 15.9 Å². The summed E-state index contributed by atoms with van der Waals surface area (Å²) in [5.41, 5.74) is 1.07. The van der Waals surface area contributed by atoms with Gasteiger partial charge in [0.15, 0.2) is 0 Å². The highest BCUT2D eigenvalue weighted by Crippen LogP contribution is 2.37. The number of rotatable bonds is 5. The summed E-state index contributed by atoms with van der Waals surface area (Å²) >= 11 is 3.45. The number of hydrogen-bond acceptors (Lipinski definition) is 3. The van der Waals surface area contributed by atoms with Crippen molar-refractivity contribution in [3.8, 4) is 11.5 Å². The monoisotopic (exact) mass is 288 g/mol. The summed E-state index contributed by atoms with van der Waals surface area (Å²) in [6, 6.07) is 3.86. The summed E-state index contributed by atoms with van der Waals surface area (Å²) in [6.45, 7) is 2.17. The summed E-state index contributed by atoms with van der Waals surface area (Å²) in [6.07, 6.45) is 0.780. The summed E-state index contributed by atoms with van der Waals surface area (Å²) in [7, 11) is 3.25. The zero-order valence-electron chi connectivity index (χ0n) is 9.79. The van der Waals surface area contributed by atoms with Gasteiger partial charge in [0, 0.05) is 6.61 Å². The minimum Gasteiger partial charge on any atom is -0.495 e. The fourth-order valence-corrected chi connectivity index (χ4v) is 2.27. The first-order chi connectivity index (χ1) is 7.63. The molecule has 0 heterocycles. The Morgan fingerprint density at radius 3 is 2.50 bits per heavy atom. The molecule has 0 radical (unpaired) electrons. The van der Waals surface area contributed by atoms with Crippen molar-refractivity contribution in [1.82, 2.24) is 0 Å². The van der Waals surface area contributed by atoms with Gasteiger partial charge in [0.25, 0.3) is 0 Å². The minimum absolute atomic E-state index is 0.173. The van der Waals surface area contributed by atoms with E-state index in [2.05, 4.69) is 15.9 Å². The first-order valence-electron chi connectivity index (χ1n) is 5.14. The van der Waals surface area contributed by atoms with Crippen LogP contribution in [0.15, 0.2) is 16.6 Å². The van der Waals surface area contributed by atoms with Crippen LogP contribution in [-0.2, 0) is 6.42 Å². The molecule has 0 spiro atoms. The van der Waals surface area contributed by atoms with Gasteiger partial charge in [-0.05, 0) is 39.9 Å². The SMILES string of the molecule is COc1ccc(CC(C)CO)c(OC)c1Br. The lowest BCUT2D eigenvalue weighted by atomic mass is 10.0. The third kappa shape index (κ3) is 2.89. The van der Waals surface area contributed by atoms with Crippen LogP contribution < -0.4 is 9.47 Å². The predicted octanol–water partition coefficient (Wildman–Crippen LogP) is 2.64. The molecule has 0 aliphatic carbocycles. The molecule has 0 aliphatic heterocycles. The van der Waals surface area contributed by atoms with Gasteiger partial charge in [-0.25, -0.2) is 0 Å². The molecule has 0 aliphatic rings. The van der Waals surface area contributed by atoms with Crippen molar-refractivity contribution in [2.45, 2.75) is 13.3 Å². The van der Waals surface area contributed by atoms with Gasteiger partial charge in [-0.1, -0.05) is 13.0 Å². The first kappa shape index (κ1) is 13.3. The molecular formula is C12H17BrO3. The van der Waals surface area contributed by atoms with E-state index < -0.39 is 0 Å². The van der Waals surface area contributed by atoms with Crippen LogP contribution in [0.2, 0.25) is 0 Å². The van der Waals surface area contributed by atoms with Gasteiger partial charge in [0.05, 0.1) is 14.2 Å². The zero-order valence-corrected chi connectivity index (χ0v) is 11.4. The Kier molecular flexibility index (Phi) is 5.09. The molecule has 0 saturated carbocycles. The first-order valence-corrected chi connectivity index (χ1v) is 5.93. The average Bonchev–Trinajstić information content (AvgIpc) is 2.29. The third-order valence-corrected chi connectivity index (χ3v) is 3.20. The second-order valence-electron chi connectivity index (χ2n) is 3.77. The Morgan fingerprint density at radius 1 is 1.31 bits per heavy atom. The Balaban J connectivity index is 3.05. The lowest BCUT2D eigenvalue weighted by molar-refractivity contribution is 0.236. The van der Waals surface area contributed by atoms with Crippen LogP contribution in [-0.4, -0.2) is 25.9 Å². The van der Waals surface area contributed by atoms with E-state index in [9.17, 15) is 0 Å². The molecular weight excluding hydrogens is 272 g/mol. The molecule has 0 saturated heterocycles. The molecule has 0 aromatic heterocycles. The summed E-state index contributed by atoms with van der Waals surface area (Å²) < 4.78 is 11.4. The van der Waals surface area contributed by atoms with E-state index in [0.29, 0.717) is 0 Å². The van der Waals surface area contributed by atoms with Crippen molar-refractivity contribution < 1.29 is 14.6 Å². The molecule has 3 nitrogen and oxygen atoms in total. The van der Waals surface area contributed by atoms with Crippen molar-refractivity contribution in [2.24, 2.45) is 5.92 Å². The number of methoxy groups -OCH3 is 2. The Morgan fingerprint density at radius 2 is 2.00 bits per heavy atom. The van der Waals surface area contributed by atoms with Crippen molar-refractivity contribution in [3.63, 3.8) is 0 Å². The van der Waals surface area contributed by atoms with Gasteiger partial charge >= 0.3 is 0 Å². The van der Waals surface area contributed by atoms with E-state index in [-0.39, 0.29) is 12.5 Å². The van der Waals surface area contributed by atoms with E-state index in [1.807, 2.05) is 19.1 Å². The van der Waals surface area contributed by atoms with Gasteiger partial charge in [-0.15, -0.1) is 0 Å². The van der Waals surface area contributed by atoms with Crippen LogP contribution in [0.4, 0.5) is 0 Å². The number of benzene rings is 1. The Hall–Kier alpha value is -0.740. The van der Waals surface area contributed by atoms with Gasteiger partial charge in [0.2, 0.25) is 0 Å². The van der Waals surface area contributed by atoms with Gasteiger partial charge in [-0.2, -0.15) is 0 Å². The van der Waals surface area contributed by atoms with E-state index >= 15 is 0 Å². The standard InChI is InChI=1S/C12H17BrO3/c1-8(7-14)6-9-4-5-10(15-2)11(13)12(9)16-3/h4-5,8,14H,6-7H2,1-3H3. The molecule has 4 heteroatoms. The highest BCUT2D eigenvalue weighted by molar-refractivity contribution is 9.10. The maximum Gasteiger partial charge on any atom is 0.140 e. The van der Waals surface area contributed by atoms with E-state index in [0.717, 1.165) is 28.0 Å². The van der Waals surface area contributed by atoms with Crippen LogP contribution in [0.1, 0.15) is 12.5 Å². The van der Waals surface area contributed by atoms with Crippen molar-refractivity contribution in [3.05, 3.63) is 22.2 Å².